The Morgan fingerprint density at radius 3 is 2.35 bits per heavy atom. The fourth-order valence-corrected chi connectivity index (χ4v) is 2.30. The highest BCUT2D eigenvalue weighted by atomic mass is 16.1. The second-order valence-corrected chi connectivity index (χ2v) is 5.47. The van der Waals surface area contributed by atoms with Gasteiger partial charge in [-0.05, 0) is 24.6 Å². The number of amides is 1. The molecule has 0 bridgehead atoms. The third-order valence-corrected chi connectivity index (χ3v) is 3.67. The van der Waals surface area contributed by atoms with Gasteiger partial charge in [-0.25, -0.2) is 0 Å². The second kappa shape index (κ2) is 6.88. The van der Waals surface area contributed by atoms with Crippen LogP contribution in [0.25, 0.3) is 11.3 Å². The Kier molecular flexibility index (Phi) is 4.48. The van der Waals surface area contributed by atoms with E-state index in [4.69, 9.17) is 0 Å². The van der Waals surface area contributed by atoms with Gasteiger partial charge in [0.2, 0.25) is 0 Å². The average molecular weight is 302 g/mol. The zero-order chi connectivity index (χ0) is 16.1. The maximum absolute atomic E-state index is 12.2. The normalized spacial score (nSPS) is 10.3. The second-order valence-electron chi connectivity index (χ2n) is 5.47. The van der Waals surface area contributed by atoms with Gasteiger partial charge in [0, 0.05) is 18.3 Å². The third-order valence-electron chi connectivity index (χ3n) is 3.67. The van der Waals surface area contributed by atoms with E-state index in [1.807, 2.05) is 54.6 Å². The minimum Gasteiger partial charge on any atom is -0.348 e. The van der Waals surface area contributed by atoms with Gasteiger partial charge in [-0.1, -0.05) is 60.2 Å². The van der Waals surface area contributed by atoms with Crippen molar-refractivity contribution >= 4 is 5.91 Å². The maximum Gasteiger partial charge on any atom is 0.253 e. The van der Waals surface area contributed by atoms with Crippen molar-refractivity contribution in [2.45, 2.75) is 13.5 Å². The summed E-state index contributed by atoms with van der Waals surface area (Å²) >= 11 is 0. The van der Waals surface area contributed by atoms with Crippen molar-refractivity contribution in [1.82, 2.24) is 10.3 Å². The van der Waals surface area contributed by atoms with Crippen LogP contribution in [0.4, 0.5) is 0 Å². The van der Waals surface area contributed by atoms with Crippen LogP contribution in [-0.4, -0.2) is 10.9 Å². The molecule has 3 heteroatoms. The van der Waals surface area contributed by atoms with Gasteiger partial charge in [-0.2, -0.15) is 0 Å². The zero-order valence-corrected chi connectivity index (χ0v) is 13.0. The van der Waals surface area contributed by atoms with Crippen LogP contribution in [-0.2, 0) is 6.54 Å². The lowest BCUT2D eigenvalue weighted by Gasteiger charge is -2.06. The van der Waals surface area contributed by atoms with Crippen molar-refractivity contribution in [1.29, 1.82) is 0 Å². The van der Waals surface area contributed by atoms with Gasteiger partial charge in [0.1, 0.15) is 0 Å². The number of hydrogen-bond acceptors (Lipinski definition) is 2. The number of carbonyl (C=O) groups is 1. The molecule has 0 radical (unpaired) electrons. The molecule has 0 atom stereocenters. The number of pyridine rings is 1. The van der Waals surface area contributed by atoms with E-state index >= 15 is 0 Å². The Morgan fingerprint density at radius 2 is 1.70 bits per heavy atom. The van der Waals surface area contributed by atoms with Crippen molar-refractivity contribution in [2.75, 3.05) is 0 Å². The van der Waals surface area contributed by atoms with Crippen LogP contribution in [0.3, 0.4) is 0 Å². The Hall–Kier alpha value is -2.94. The lowest BCUT2D eigenvalue weighted by Crippen LogP contribution is -2.22. The molecule has 3 aromatic rings. The van der Waals surface area contributed by atoms with Gasteiger partial charge in [0.15, 0.2) is 0 Å². The van der Waals surface area contributed by atoms with Crippen molar-refractivity contribution < 1.29 is 4.79 Å². The number of nitrogens with one attached hydrogen (secondary N) is 1. The average Bonchev–Trinajstić information content (AvgIpc) is 2.61. The molecule has 1 amide bonds. The molecule has 0 aliphatic carbocycles. The standard InChI is InChI=1S/C20H18N2O/c1-15-7-9-17(10-8-15)19-12-11-18(14-21-19)20(23)22-13-16-5-3-2-4-6-16/h2-12,14H,13H2,1H3,(H,22,23). The number of aryl methyl sites for hydroxylation is 1. The molecule has 0 spiro atoms. The van der Waals surface area contributed by atoms with E-state index in [0.717, 1.165) is 16.8 Å². The summed E-state index contributed by atoms with van der Waals surface area (Å²) in [4.78, 5) is 16.6. The summed E-state index contributed by atoms with van der Waals surface area (Å²) in [6.07, 6.45) is 1.62. The Morgan fingerprint density at radius 1 is 0.957 bits per heavy atom. The van der Waals surface area contributed by atoms with Gasteiger partial charge >= 0.3 is 0 Å². The first-order chi connectivity index (χ1) is 11.2. The summed E-state index contributed by atoms with van der Waals surface area (Å²) in [5.41, 5.74) is 4.77. The number of rotatable bonds is 4. The molecule has 1 N–H and O–H groups in total. The Labute approximate surface area is 136 Å². The van der Waals surface area contributed by atoms with Crippen LogP contribution in [0, 0.1) is 6.92 Å². The predicted octanol–water partition coefficient (Wildman–Crippen LogP) is 3.99. The van der Waals surface area contributed by atoms with E-state index in [0.29, 0.717) is 12.1 Å². The van der Waals surface area contributed by atoms with E-state index in [1.165, 1.54) is 5.56 Å². The highest BCUT2D eigenvalue weighted by Gasteiger charge is 2.06. The van der Waals surface area contributed by atoms with Crippen molar-refractivity contribution in [2.24, 2.45) is 0 Å². The quantitative estimate of drug-likeness (QED) is 0.792. The SMILES string of the molecule is Cc1ccc(-c2ccc(C(=O)NCc3ccccc3)cn2)cc1. The van der Waals surface area contributed by atoms with Crippen molar-refractivity contribution in [3.05, 3.63) is 89.6 Å². The molecular weight excluding hydrogens is 284 g/mol. The van der Waals surface area contributed by atoms with Crippen LogP contribution in [0.15, 0.2) is 72.9 Å². The molecule has 1 aromatic heterocycles. The molecule has 0 saturated heterocycles. The van der Waals surface area contributed by atoms with Gasteiger partial charge in [-0.3, -0.25) is 9.78 Å². The predicted molar refractivity (Wildman–Crippen MR) is 92.0 cm³/mol. The topological polar surface area (TPSA) is 42.0 Å². The van der Waals surface area contributed by atoms with Gasteiger partial charge in [0.25, 0.3) is 5.91 Å². The Balaban J connectivity index is 1.67. The van der Waals surface area contributed by atoms with E-state index in [1.54, 1.807) is 6.20 Å². The molecule has 2 aromatic carbocycles. The summed E-state index contributed by atoms with van der Waals surface area (Å²) in [5, 5.41) is 2.90. The molecule has 0 unspecified atom stereocenters. The van der Waals surface area contributed by atoms with E-state index in [2.05, 4.69) is 29.4 Å². The highest BCUT2D eigenvalue weighted by Crippen LogP contribution is 2.17. The molecular formula is C20H18N2O. The third kappa shape index (κ3) is 3.83. The summed E-state index contributed by atoms with van der Waals surface area (Å²) in [6.45, 7) is 2.57. The summed E-state index contributed by atoms with van der Waals surface area (Å²) in [7, 11) is 0. The van der Waals surface area contributed by atoms with Gasteiger partial charge in [-0.15, -0.1) is 0 Å². The van der Waals surface area contributed by atoms with E-state index in [9.17, 15) is 4.79 Å². The molecule has 0 aliphatic heterocycles. The molecule has 0 fully saturated rings. The summed E-state index contributed by atoms with van der Waals surface area (Å²) < 4.78 is 0. The molecule has 0 aliphatic rings. The lowest BCUT2D eigenvalue weighted by molar-refractivity contribution is 0.0950. The van der Waals surface area contributed by atoms with Crippen molar-refractivity contribution in [3.63, 3.8) is 0 Å². The first kappa shape index (κ1) is 15.0. The first-order valence-corrected chi connectivity index (χ1v) is 7.57. The van der Waals surface area contributed by atoms with Crippen LogP contribution in [0.1, 0.15) is 21.5 Å². The largest absolute Gasteiger partial charge is 0.348 e. The number of hydrogen-bond donors (Lipinski definition) is 1. The zero-order valence-electron chi connectivity index (χ0n) is 13.0. The fourth-order valence-electron chi connectivity index (χ4n) is 2.30. The minimum atomic E-state index is -0.114. The molecule has 3 nitrogen and oxygen atoms in total. The van der Waals surface area contributed by atoms with E-state index in [-0.39, 0.29) is 5.91 Å². The maximum atomic E-state index is 12.2. The number of benzene rings is 2. The smallest absolute Gasteiger partial charge is 0.253 e. The molecule has 23 heavy (non-hydrogen) atoms. The minimum absolute atomic E-state index is 0.114. The number of nitrogens with zero attached hydrogens (tertiary/aromatic N) is 1. The number of aromatic nitrogens is 1. The lowest BCUT2D eigenvalue weighted by atomic mass is 10.1. The van der Waals surface area contributed by atoms with Crippen LogP contribution >= 0.6 is 0 Å². The molecule has 0 saturated carbocycles. The van der Waals surface area contributed by atoms with Crippen LogP contribution in [0.2, 0.25) is 0 Å². The molecule has 3 rings (SSSR count). The molecule has 1 heterocycles. The Bertz CT molecular complexity index is 778. The van der Waals surface area contributed by atoms with Crippen molar-refractivity contribution in [3.8, 4) is 11.3 Å². The summed E-state index contributed by atoms with van der Waals surface area (Å²) in [5.74, 6) is -0.114. The van der Waals surface area contributed by atoms with Gasteiger partial charge in [0.05, 0.1) is 11.3 Å². The van der Waals surface area contributed by atoms with E-state index < -0.39 is 0 Å². The monoisotopic (exact) mass is 302 g/mol. The van der Waals surface area contributed by atoms with Crippen LogP contribution < -0.4 is 5.32 Å². The number of carbonyl (C=O) groups excluding carboxylic acids is 1. The highest BCUT2D eigenvalue weighted by molar-refractivity contribution is 5.94. The molecule has 114 valence electrons. The van der Waals surface area contributed by atoms with Crippen LogP contribution in [0.5, 0.6) is 0 Å². The summed E-state index contributed by atoms with van der Waals surface area (Å²) in [6, 6.07) is 21.7. The first-order valence-electron chi connectivity index (χ1n) is 7.57. The fraction of sp³-hybridized carbons (Fsp3) is 0.100. The van der Waals surface area contributed by atoms with Gasteiger partial charge < -0.3 is 5.32 Å².